The van der Waals surface area contributed by atoms with Gasteiger partial charge in [-0.3, -0.25) is 0 Å². The highest BCUT2D eigenvalue weighted by atomic mass is 15.4. The molecule has 0 N–H and O–H groups in total. The Hall–Kier alpha value is -0.730. The highest BCUT2D eigenvalue weighted by Crippen LogP contribution is 2.22. The summed E-state index contributed by atoms with van der Waals surface area (Å²) in [7, 11) is 0. The summed E-state index contributed by atoms with van der Waals surface area (Å²) in [5.74, 6) is 0. The first-order valence-corrected chi connectivity index (χ1v) is 3.04. The third-order valence-electron chi connectivity index (χ3n) is 1.32. The SMILES string of the molecule is CC(C)(C)C1C=NN=N1. The number of hydrogen-bond donors (Lipinski definition) is 0. The van der Waals surface area contributed by atoms with E-state index in [9.17, 15) is 0 Å². The number of hydrogen-bond acceptors (Lipinski definition) is 3. The van der Waals surface area contributed by atoms with Crippen LogP contribution < -0.4 is 0 Å². The molecule has 1 atom stereocenters. The molecule has 1 rings (SSSR count). The maximum atomic E-state index is 3.91. The first-order chi connectivity index (χ1) is 4.11. The molecule has 0 spiro atoms. The van der Waals surface area contributed by atoms with Crippen LogP contribution in [-0.2, 0) is 0 Å². The highest BCUT2D eigenvalue weighted by molar-refractivity contribution is 5.66. The molecule has 0 bridgehead atoms. The summed E-state index contributed by atoms with van der Waals surface area (Å²) in [5, 5.41) is 11.1. The van der Waals surface area contributed by atoms with Crippen LogP contribution in [-0.4, -0.2) is 12.3 Å². The summed E-state index contributed by atoms with van der Waals surface area (Å²) < 4.78 is 0. The molecule has 1 heterocycles. The van der Waals surface area contributed by atoms with E-state index < -0.39 is 0 Å². The Morgan fingerprint density at radius 2 is 2.00 bits per heavy atom. The van der Waals surface area contributed by atoms with Crippen LogP contribution >= 0.6 is 0 Å². The molecule has 0 radical (unpaired) electrons. The fourth-order valence-electron chi connectivity index (χ4n) is 0.605. The van der Waals surface area contributed by atoms with Gasteiger partial charge in [-0.25, -0.2) is 0 Å². The van der Waals surface area contributed by atoms with E-state index in [4.69, 9.17) is 0 Å². The van der Waals surface area contributed by atoms with Gasteiger partial charge < -0.3 is 0 Å². The Morgan fingerprint density at radius 3 is 2.22 bits per heavy atom. The normalized spacial score (nSPS) is 25.4. The largest absolute Gasteiger partial charge is 0.159 e. The first kappa shape index (κ1) is 6.39. The van der Waals surface area contributed by atoms with E-state index in [2.05, 4.69) is 36.2 Å². The molecule has 0 aromatic heterocycles. The molecule has 0 fully saturated rings. The summed E-state index contributed by atoms with van der Waals surface area (Å²) >= 11 is 0. The van der Waals surface area contributed by atoms with E-state index in [1.807, 2.05) is 0 Å². The molecule has 9 heavy (non-hydrogen) atoms. The van der Waals surface area contributed by atoms with Gasteiger partial charge in [0.1, 0.15) is 6.04 Å². The molecular formula is C6H11N3. The molecule has 3 heteroatoms. The van der Waals surface area contributed by atoms with Gasteiger partial charge >= 0.3 is 0 Å². The molecule has 0 aliphatic carbocycles. The quantitative estimate of drug-likeness (QED) is 0.474. The van der Waals surface area contributed by atoms with E-state index in [1.54, 1.807) is 6.21 Å². The number of nitrogens with zero attached hydrogens (tertiary/aromatic N) is 3. The van der Waals surface area contributed by atoms with Crippen LogP contribution in [0.5, 0.6) is 0 Å². The maximum absolute atomic E-state index is 3.91. The van der Waals surface area contributed by atoms with Gasteiger partial charge in [0.15, 0.2) is 0 Å². The molecule has 0 aromatic rings. The fourth-order valence-corrected chi connectivity index (χ4v) is 0.605. The van der Waals surface area contributed by atoms with E-state index in [1.165, 1.54) is 0 Å². The highest BCUT2D eigenvalue weighted by Gasteiger charge is 2.24. The Labute approximate surface area is 54.9 Å². The van der Waals surface area contributed by atoms with Crippen molar-refractivity contribution in [1.82, 2.24) is 0 Å². The zero-order valence-electron chi connectivity index (χ0n) is 6.00. The molecule has 1 aliphatic heterocycles. The van der Waals surface area contributed by atoms with Crippen molar-refractivity contribution in [2.45, 2.75) is 26.8 Å². The van der Waals surface area contributed by atoms with Crippen LogP contribution in [0.25, 0.3) is 0 Å². The predicted octanol–water partition coefficient (Wildman–Crippen LogP) is 1.85. The predicted molar refractivity (Wildman–Crippen MR) is 36.6 cm³/mol. The maximum Gasteiger partial charge on any atom is 0.115 e. The lowest BCUT2D eigenvalue weighted by atomic mass is 9.88. The zero-order chi connectivity index (χ0) is 6.91. The third kappa shape index (κ3) is 1.34. The molecule has 0 saturated carbocycles. The molecule has 0 saturated heterocycles. The van der Waals surface area contributed by atoms with Crippen LogP contribution in [0.3, 0.4) is 0 Å². The van der Waals surface area contributed by atoms with Gasteiger partial charge in [-0.1, -0.05) is 20.8 Å². The minimum absolute atomic E-state index is 0.170. The molecule has 1 aliphatic rings. The van der Waals surface area contributed by atoms with Gasteiger partial charge in [0.2, 0.25) is 0 Å². The van der Waals surface area contributed by atoms with Crippen molar-refractivity contribution in [2.24, 2.45) is 20.9 Å². The van der Waals surface area contributed by atoms with Crippen molar-refractivity contribution in [1.29, 1.82) is 0 Å². The van der Waals surface area contributed by atoms with E-state index >= 15 is 0 Å². The summed E-state index contributed by atoms with van der Waals surface area (Å²) in [6.07, 6.45) is 1.78. The van der Waals surface area contributed by atoms with E-state index in [0.717, 1.165) is 0 Å². The van der Waals surface area contributed by atoms with E-state index in [0.29, 0.717) is 0 Å². The Morgan fingerprint density at radius 1 is 1.33 bits per heavy atom. The molecule has 0 aromatic carbocycles. The van der Waals surface area contributed by atoms with Gasteiger partial charge in [0.25, 0.3) is 0 Å². The van der Waals surface area contributed by atoms with Crippen LogP contribution in [0.4, 0.5) is 0 Å². The molecule has 3 nitrogen and oxygen atoms in total. The van der Waals surface area contributed by atoms with Crippen LogP contribution in [0.15, 0.2) is 15.4 Å². The van der Waals surface area contributed by atoms with Crippen molar-refractivity contribution in [3.63, 3.8) is 0 Å². The average molecular weight is 125 g/mol. The standard InChI is InChI=1S/C6H11N3/c1-6(2,3)5-4-7-9-8-5/h4-5H,1-3H3. The van der Waals surface area contributed by atoms with Crippen molar-refractivity contribution < 1.29 is 0 Å². The third-order valence-corrected chi connectivity index (χ3v) is 1.32. The summed E-state index contributed by atoms with van der Waals surface area (Å²) in [6, 6.07) is 0.178. The van der Waals surface area contributed by atoms with Crippen molar-refractivity contribution in [3.8, 4) is 0 Å². The van der Waals surface area contributed by atoms with Crippen molar-refractivity contribution in [2.75, 3.05) is 0 Å². The lowest BCUT2D eigenvalue weighted by Crippen LogP contribution is -2.23. The lowest BCUT2D eigenvalue weighted by Gasteiger charge is -2.19. The Kier molecular flexibility index (Phi) is 1.35. The van der Waals surface area contributed by atoms with Crippen LogP contribution in [0.1, 0.15) is 20.8 Å². The second kappa shape index (κ2) is 1.90. The first-order valence-electron chi connectivity index (χ1n) is 3.04. The molecular weight excluding hydrogens is 114 g/mol. The fraction of sp³-hybridized carbons (Fsp3) is 0.833. The van der Waals surface area contributed by atoms with Crippen molar-refractivity contribution >= 4 is 6.21 Å². The Balaban J connectivity index is 2.64. The van der Waals surface area contributed by atoms with Gasteiger partial charge in [-0.05, 0) is 10.6 Å². The van der Waals surface area contributed by atoms with Gasteiger partial charge in [0, 0.05) is 0 Å². The van der Waals surface area contributed by atoms with E-state index in [-0.39, 0.29) is 11.5 Å². The smallest absolute Gasteiger partial charge is 0.115 e. The summed E-state index contributed by atoms with van der Waals surface area (Å²) in [5.41, 5.74) is 0.170. The van der Waals surface area contributed by atoms with Gasteiger partial charge in [-0.15, -0.1) is 5.10 Å². The summed E-state index contributed by atoms with van der Waals surface area (Å²) in [4.78, 5) is 0. The second-order valence-electron chi connectivity index (χ2n) is 3.28. The zero-order valence-corrected chi connectivity index (χ0v) is 6.00. The van der Waals surface area contributed by atoms with Gasteiger partial charge in [-0.2, -0.15) is 5.11 Å². The molecule has 50 valence electrons. The van der Waals surface area contributed by atoms with Crippen molar-refractivity contribution in [3.05, 3.63) is 0 Å². The topological polar surface area (TPSA) is 37.1 Å². The molecule has 0 amide bonds. The van der Waals surface area contributed by atoms with Crippen LogP contribution in [0.2, 0.25) is 0 Å². The van der Waals surface area contributed by atoms with Gasteiger partial charge in [0.05, 0.1) is 6.21 Å². The average Bonchev–Trinajstić information content (AvgIpc) is 2.08. The minimum Gasteiger partial charge on any atom is -0.159 e. The minimum atomic E-state index is 0.170. The number of rotatable bonds is 0. The lowest BCUT2D eigenvalue weighted by molar-refractivity contribution is 0.384. The monoisotopic (exact) mass is 125 g/mol. The Bertz CT molecular complexity index is 140. The van der Waals surface area contributed by atoms with Crippen LogP contribution in [0, 0.1) is 5.41 Å². The summed E-state index contributed by atoms with van der Waals surface area (Å²) in [6.45, 7) is 6.36. The molecule has 1 unspecified atom stereocenters. The second-order valence-corrected chi connectivity index (χ2v) is 3.28.